The molecule has 0 fully saturated rings. The van der Waals surface area contributed by atoms with Crippen LogP contribution < -0.4 is 0 Å². The van der Waals surface area contributed by atoms with Crippen LogP contribution >= 0.6 is 11.6 Å². The minimum Gasteiger partial charge on any atom is -0.285 e. The van der Waals surface area contributed by atoms with Gasteiger partial charge in [0.05, 0.1) is 4.92 Å². The van der Waals surface area contributed by atoms with Gasteiger partial charge in [-0.2, -0.15) is 0 Å². The summed E-state index contributed by atoms with van der Waals surface area (Å²) in [6.07, 6.45) is 0. The Bertz CT molecular complexity index is 339. The van der Waals surface area contributed by atoms with Crippen LogP contribution in [0, 0.1) is 24.0 Å². The molecular weight excluding hydrogens is 206 g/mol. The maximum absolute atomic E-state index is 10.3. The lowest BCUT2D eigenvalue weighted by molar-refractivity contribution is -0.384. The number of aryl methyl sites for hydroxylation is 2. The van der Waals surface area contributed by atoms with E-state index in [1.54, 1.807) is 12.1 Å². The Morgan fingerprint density at radius 1 is 1.36 bits per heavy atom. The summed E-state index contributed by atoms with van der Waals surface area (Å²) < 4.78 is 0. The lowest BCUT2D eigenvalue weighted by Gasteiger charge is -1.97. The molecule has 0 saturated heterocycles. The molecule has 0 aliphatic carbocycles. The number of benzene rings is 1. The smallest absolute Gasteiger partial charge is 0.269 e. The standard InChI is InChI=1S/C8H9NO2.CHClO/c1-6-3-4-8(9(10)11)5-7(6)2;2-1-3/h3-5H,1-2H3;1H. The van der Waals surface area contributed by atoms with Crippen molar-refractivity contribution < 1.29 is 9.72 Å². The van der Waals surface area contributed by atoms with E-state index in [0.717, 1.165) is 11.1 Å². The van der Waals surface area contributed by atoms with Gasteiger partial charge in [0, 0.05) is 12.1 Å². The first-order chi connectivity index (χ1) is 6.52. The van der Waals surface area contributed by atoms with Gasteiger partial charge in [0.15, 0.2) is 0 Å². The molecule has 1 aromatic rings. The maximum Gasteiger partial charge on any atom is 0.269 e. The number of carbonyl (C=O) groups excluding carboxylic acids is 1. The van der Waals surface area contributed by atoms with E-state index < -0.39 is 0 Å². The van der Waals surface area contributed by atoms with E-state index in [0.29, 0.717) is 0 Å². The molecule has 1 aromatic carbocycles. The topological polar surface area (TPSA) is 60.2 Å². The van der Waals surface area contributed by atoms with Crippen LogP contribution in [0.4, 0.5) is 5.69 Å². The number of nitrogens with zero attached hydrogens (tertiary/aromatic N) is 1. The van der Waals surface area contributed by atoms with Gasteiger partial charge in [-0.05, 0) is 36.6 Å². The number of carbonyl (C=O) groups is 1. The molecule has 0 N–H and O–H groups in total. The van der Waals surface area contributed by atoms with E-state index in [1.807, 2.05) is 13.8 Å². The van der Waals surface area contributed by atoms with Gasteiger partial charge < -0.3 is 0 Å². The molecule has 0 radical (unpaired) electrons. The lowest BCUT2D eigenvalue weighted by Crippen LogP contribution is -1.89. The Balaban J connectivity index is 0.000000500. The van der Waals surface area contributed by atoms with Gasteiger partial charge in [-0.25, -0.2) is 0 Å². The summed E-state index contributed by atoms with van der Waals surface area (Å²) in [6.45, 7) is 3.79. The van der Waals surface area contributed by atoms with Gasteiger partial charge in [0.2, 0.25) is 5.75 Å². The molecule has 14 heavy (non-hydrogen) atoms. The number of rotatable bonds is 1. The quantitative estimate of drug-likeness (QED) is 0.313. The van der Waals surface area contributed by atoms with Crippen LogP contribution in [0.5, 0.6) is 0 Å². The molecule has 0 spiro atoms. The second kappa shape index (κ2) is 6.10. The van der Waals surface area contributed by atoms with Gasteiger partial charge in [0.1, 0.15) is 0 Å². The van der Waals surface area contributed by atoms with Crippen molar-refractivity contribution in [1.29, 1.82) is 0 Å². The summed E-state index contributed by atoms with van der Waals surface area (Å²) in [6, 6.07) is 4.85. The third kappa shape index (κ3) is 4.00. The number of nitro benzene ring substituents is 1. The first-order valence-corrected chi connectivity index (χ1v) is 4.22. The number of halogens is 1. The summed E-state index contributed by atoms with van der Waals surface area (Å²) in [5.41, 5.74) is 2.20. The van der Waals surface area contributed by atoms with Crippen LogP contribution in [0.15, 0.2) is 18.2 Å². The Labute approximate surface area is 86.6 Å². The highest BCUT2D eigenvalue weighted by Gasteiger charge is 2.04. The summed E-state index contributed by atoms with van der Waals surface area (Å²) in [5.74, 6) is 0.222. The lowest BCUT2D eigenvalue weighted by atomic mass is 10.1. The second-order valence-corrected chi connectivity index (χ2v) is 2.79. The number of hydrogen-bond donors (Lipinski definition) is 0. The second-order valence-electron chi connectivity index (χ2n) is 2.61. The molecule has 5 heteroatoms. The number of non-ortho nitro benzene ring substituents is 1. The average molecular weight is 216 g/mol. The molecule has 1 rings (SSSR count). The highest BCUT2D eigenvalue weighted by molar-refractivity contribution is 6.54. The third-order valence-corrected chi connectivity index (χ3v) is 1.70. The Kier molecular flexibility index (Phi) is 5.48. The van der Waals surface area contributed by atoms with E-state index in [9.17, 15) is 10.1 Å². The monoisotopic (exact) mass is 215 g/mol. The molecule has 0 amide bonds. The van der Waals surface area contributed by atoms with Gasteiger partial charge in [0.25, 0.3) is 5.69 Å². The van der Waals surface area contributed by atoms with Crippen LogP contribution in [0.3, 0.4) is 0 Å². The number of hydrogen-bond acceptors (Lipinski definition) is 3. The van der Waals surface area contributed by atoms with Crippen LogP contribution in [0.2, 0.25) is 0 Å². The molecule has 0 bridgehead atoms. The van der Waals surface area contributed by atoms with Crippen molar-refractivity contribution >= 4 is 23.0 Å². The third-order valence-electron chi connectivity index (χ3n) is 1.70. The van der Waals surface area contributed by atoms with E-state index in [1.165, 1.54) is 6.07 Å². The fourth-order valence-electron chi connectivity index (χ4n) is 0.839. The summed E-state index contributed by atoms with van der Waals surface area (Å²) in [5, 5.41) is 10.3. The van der Waals surface area contributed by atoms with Crippen molar-refractivity contribution in [1.82, 2.24) is 0 Å². The van der Waals surface area contributed by atoms with Crippen LogP contribution in [0.25, 0.3) is 0 Å². The largest absolute Gasteiger partial charge is 0.285 e. The fourth-order valence-corrected chi connectivity index (χ4v) is 0.839. The van der Waals surface area contributed by atoms with Crippen molar-refractivity contribution in [2.24, 2.45) is 0 Å². The zero-order valence-electron chi connectivity index (χ0n) is 7.86. The molecule has 4 nitrogen and oxygen atoms in total. The van der Waals surface area contributed by atoms with Crippen LogP contribution in [-0.4, -0.2) is 10.7 Å². The molecule has 76 valence electrons. The molecule has 0 unspecified atom stereocenters. The van der Waals surface area contributed by atoms with Gasteiger partial charge in [-0.1, -0.05) is 6.07 Å². The highest BCUT2D eigenvalue weighted by Crippen LogP contribution is 2.15. The summed E-state index contributed by atoms with van der Waals surface area (Å²) in [4.78, 5) is 18.5. The summed E-state index contributed by atoms with van der Waals surface area (Å²) in [7, 11) is 0. The summed E-state index contributed by atoms with van der Waals surface area (Å²) >= 11 is 4.32. The highest BCUT2D eigenvalue weighted by atomic mass is 35.5. The van der Waals surface area contributed by atoms with E-state index in [4.69, 9.17) is 4.79 Å². The van der Waals surface area contributed by atoms with Crippen molar-refractivity contribution in [3.63, 3.8) is 0 Å². The van der Waals surface area contributed by atoms with E-state index in [-0.39, 0.29) is 16.4 Å². The fraction of sp³-hybridized carbons (Fsp3) is 0.222. The minimum absolute atomic E-state index is 0.160. The molecular formula is C9H10ClNO3. The Morgan fingerprint density at radius 2 is 1.86 bits per heavy atom. The van der Waals surface area contributed by atoms with E-state index in [2.05, 4.69) is 11.6 Å². The predicted molar refractivity (Wildman–Crippen MR) is 55.2 cm³/mol. The average Bonchev–Trinajstić information content (AvgIpc) is 2.10. The molecule has 0 aliphatic heterocycles. The molecule has 0 aromatic heterocycles. The SMILES string of the molecule is Cc1ccc([N+](=O)[O-])cc1C.O=CCl. The normalized spacial score (nSPS) is 8.50. The van der Waals surface area contributed by atoms with Crippen molar-refractivity contribution in [3.05, 3.63) is 39.4 Å². The van der Waals surface area contributed by atoms with Crippen LogP contribution in [0.1, 0.15) is 11.1 Å². The number of nitro groups is 1. The van der Waals surface area contributed by atoms with Gasteiger partial charge >= 0.3 is 0 Å². The van der Waals surface area contributed by atoms with Gasteiger partial charge in [-0.15, -0.1) is 0 Å². The zero-order chi connectivity index (χ0) is 11.1. The molecule has 0 aliphatic rings. The van der Waals surface area contributed by atoms with Crippen LogP contribution in [-0.2, 0) is 4.79 Å². The van der Waals surface area contributed by atoms with Crippen molar-refractivity contribution in [2.75, 3.05) is 0 Å². The predicted octanol–water partition coefficient (Wildman–Crippen LogP) is 2.63. The Hall–Kier alpha value is -1.42. The molecule has 0 heterocycles. The van der Waals surface area contributed by atoms with E-state index >= 15 is 0 Å². The maximum atomic E-state index is 10.3. The molecule has 0 saturated carbocycles. The first-order valence-electron chi connectivity index (χ1n) is 3.78. The minimum atomic E-state index is -0.382. The van der Waals surface area contributed by atoms with Crippen molar-refractivity contribution in [2.45, 2.75) is 13.8 Å². The van der Waals surface area contributed by atoms with Crippen molar-refractivity contribution in [3.8, 4) is 0 Å². The van der Waals surface area contributed by atoms with Gasteiger partial charge in [-0.3, -0.25) is 14.9 Å². The zero-order valence-corrected chi connectivity index (χ0v) is 8.62. The Morgan fingerprint density at radius 3 is 2.21 bits per heavy atom. The first kappa shape index (κ1) is 12.6. The molecule has 0 atom stereocenters.